The van der Waals surface area contributed by atoms with Crippen LogP contribution >= 0.6 is 0 Å². The van der Waals surface area contributed by atoms with Gasteiger partial charge in [-0.2, -0.15) is 0 Å². The van der Waals surface area contributed by atoms with Gasteiger partial charge in [0.2, 0.25) is 0 Å². The highest BCUT2D eigenvalue weighted by atomic mass is 16.5. The van der Waals surface area contributed by atoms with Crippen LogP contribution in [0, 0.1) is 10.8 Å². The molecule has 140 valence electrons. The van der Waals surface area contributed by atoms with Crippen molar-refractivity contribution < 1.29 is 23.9 Å². The predicted molar refractivity (Wildman–Crippen MR) is 93.5 cm³/mol. The number of Topliss-reactive ketones (excluding diaryl/α,β-unsaturated/α-hetero) is 1. The zero-order chi connectivity index (χ0) is 18.8. The van der Waals surface area contributed by atoms with E-state index in [1.807, 2.05) is 0 Å². The van der Waals surface area contributed by atoms with Crippen LogP contribution in [0.1, 0.15) is 79.1 Å². The van der Waals surface area contributed by atoms with Crippen molar-refractivity contribution in [2.45, 2.75) is 79.1 Å². The zero-order valence-corrected chi connectivity index (χ0v) is 16.2. The molecule has 0 aromatic carbocycles. The Morgan fingerprint density at radius 1 is 0.708 bits per heavy atom. The fourth-order valence-electron chi connectivity index (χ4n) is 3.13. The molecule has 0 saturated carbocycles. The third-order valence-electron chi connectivity index (χ3n) is 4.83. The first-order chi connectivity index (χ1) is 11.2. The molecule has 0 rings (SSSR count). The molecule has 0 fully saturated rings. The van der Waals surface area contributed by atoms with Crippen molar-refractivity contribution in [2.24, 2.45) is 10.8 Å². The molecule has 0 amide bonds. The van der Waals surface area contributed by atoms with E-state index in [9.17, 15) is 14.4 Å². The third kappa shape index (κ3) is 5.32. The van der Waals surface area contributed by atoms with Crippen LogP contribution in [0.5, 0.6) is 0 Å². The van der Waals surface area contributed by atoms with Crippen molar-refractivity contribution in [1.29, 1.82) is 0 Å². The summed E-state index contributed by atoms with van der Waals surface area (Å²) in [5, 5.41) is 0. The average Bonchev–Trinajstić information content (AvgIpc) is 2.59. The number of hydrogen-bond donors (Lipinski definition) is 0. The van der Waals surface area contributed by atoms with Crippen molar-refractivity contribution >= 4 is 17.7 Å². The van der Waals surface area contributed by atoms with Crippen molar-refractivity contribution in [3.63, 3.8) is 0 Å². The summed E-state index contributed by atoms with van der Waals surface area (Å²) < 4.78 is 9.78. The molecule has 0 aliphatic heterocycles. The van der Waals surface area contributed by atoms with E-state index in [0.29, 0.717) is 12.8 Å². The van der Waals surface area contributed by atoms with Crippen LogP contribution in [0.2, 0.25) is 0 Å². The van der Waals surface area contributed by atoms with Crippen molar-refractivity contribution in [3.05, 3.63) is 0 Å². The summed E-state index contributed by atoms with van der Waals surface area (Å²) in [5.74, 6) is -1.54. The van der Waals surface area contributed by atoms with Gasteiger partial charge in [0.1, 0.15) is 10.8 Å². The molecule has 0 aromatic heterocycles. The van der Waals surface area contributed by atoms with Gasteiger partial charge < -0.3 is 9.47 Å². The van der Waals surface area contributed by atoms with E-state index >= 15 is 0 Å². The van der Waals surface area contributed by atoms with Gasteiger partial charge >= 0.3 is 11.9 Å². The first-order valence-electron chi connectivity index (χ1n) is 8.96. The van der Waals surface area contributed by atoms with E-state index in [-0.39, 0.29) is 5.78 Å². The van der Waals surface area contributed by atoms with E-state index in [4.69, 9.17) is 9.47 Å². The first kappa shape index (κ1) is 22.6. The topological polar surface area (TPSA) is 69.7 Å². The number of esters is 2. The lowest BCUT2D eigenvalue weighted by molar-refractivity contribution is -0.168. The monoisotopic (exact) mass is 342 g/mol. The number of unbranched alkanes of at least 4 members (excludes halogenated alkanes) is 4. The number of carbonyl (C=O) groups is 3. The van der Waals surface area contributed by atoms with Gasteiger partial charge in [0.15, 0.2) is 5.78 Å². The Hall–Kier alpha value is -1.39. The van der Waals surface area contributed by atoms with Gasteiger partial charge in [-0.25, -0.2) is 0 Å². The van der Waals surface area contributed by atoms with Crippen molar-refractivity contribution in [3.8, 4) is 0 Å². The minimum atomic E-state index is -1.32. The number of carbonyl (C=O) groups excluding carboxylic acids is 3. The molecule has 0 spiro atoms. The largest absolute Gasteiger partial charge is 0.468 e. The normalized spacial score (nSPS) is 15.9. The molecule has 5 nitrogen and oxygen atoms in total. The number of methoxy groups -OCH3 is 2. The Morgan fingerprint density at radius 3 is 1.29 bits per heavy atom. The Kier molecular flexibility index (Phi) is 9.86. The maximum absolute atomic E-state index is 13.3. The molecule has 0 bridgehead atoms. The van der Waals surface area contributed by atoms with Gasteiger partial charge in [0, 0.05) is 0 Å². The van der Waals surface area contributed by atoms with Crippen LogP contribution in [0.15, 0.2) is 0 Å². The van der Waals surface area contributed by atoms with Crippen LogP contribution in [-0.2, 0) is 23.9 Å². The summed E-state index contributed by atoms with van der Waals surface area (Å²) in [7, 11) is 2.56. The number of hydrogen-bond acceptors (Lipinski definition) is 5. The Morgan fingerprint density at radius 2 is 1.04 bits per heavy atom. The Labute approximate surface area is 146 Å². The summed E-state index contributed by atoms with van der Waals surface area (Å²) in [6.45, 7) is 7.30. The highest BCUT2D eigenvalue weighted by Crippen LogP contribution is 2.39. The molecular weight excluding hydrogens is 308 g/mol. The third-order valence-corrected chi connectivity index (χ3v) is 4.83. The lowest BCUT2D eigenvalue weighted by Gasteiger charge is -2.34. The maximum Gasteiger partial charge on any atom is 0.319 e. The molecule has 2 unspecified atom stereocenters. The fraction of sp³-hybridized carbons (Fsp3) is 0.842. The summed E-state index contributed by atoms with van der Waals surface area (Å²) >= 11 is 0. The number of rotatable bonds is 12. The van der Waals surface area contributed by atoms with Crippen LogP contribution < -0.4 is 0 Å². The van der Waals surface area contributed by atoms with E-state index in [1.165, 1.54) is 14.2 Å². The van der Waals surface area contributed by atoms with Crippen LogP contribution in [0.25, 0.3) is 0 Å². The highest BCUT2D eigenvalue weighted by Gasteiger charge is 2.53. The zero-order valence-electron chi connectivity index (χ0n) is 16.2. The standard InChI is InChI=1S/C19H34O5/c1-7-9-11-13-18(3,16(21)23-5)15(20)19(4,17(22)24-6)14-12-10-8-2/h7-14H2,1-6H3. The van der Waals surface area contributed by atoms with Gasteiger partial charge in [-0.05, 0) is 26.7 Å². The second-order valence-electron chi connectivity index (χ2n) is 6.89. The first-order valence-corrected chi connectivity index (χ1v) is 8.96. The summed E-state index contributed by atoms with van der Waals surface area (Å²) in [6.07, 6.45) is 6.04. The minimum Gasteiger partial charge on any atom is -0.468 e. The minimum absolute atomic E-state index is 0.382. The lowest BCUT2D eigenvalue weighted by Crippen LogP contribution is -2.50. The maximum atomic E-state index is 13.3. The summed E-state index contributed by atoms with van der Waals surface area (Å²) in [5.41, 5.74) is -2.64. The highest BCUT2D eigenvalue weighted by molar-refractivity contribution is 6.14. The van der Waals surface area contributed by atoms with E-state index in [0.717, 1.165) is 38.5 Å². The molecule has 0 N–H and O–H groups in total. The second kappa shape index (κ2) is 10.5. The molecular formula is C19H34O5. The fourth-order valence-corrected chi connectivity index (χ4v) is 3.13. The van der Waals surface area contributed by atoms with Crippen molar-refractivity contribution in [2.75, 3.05) is 14.2 Å². The van der Waals surface area contributed by atoms with Crippen LogP contribution in [0.4, 0.5) is 0 Å². The lowest BCUT2D eigenvalue weighted by atomic mass is 9.67. The van der Waals surface area contributed by atoms with Crippen LogP contribution in [0.3, 0.4) is 0 Å². The van der Waals surface area contributed by atoms with E-state index < -0.39 is 22.8 Å². The molecule has 0 heterocycles. The van der Waals surface area contributed by atoms with E-state index in [2.05, 4.69) is 13.8 Å². The predicted octanol–water partition coefficient (Wildman–Crippen LogP) is 4.07. The smallest absolute Gasteiger partial charge is 0.319 e. The van der Waals surface area contributed by atoms with Gasteiger partial charge in [-0.3, -0.25) is 14.4 Å². The number of ketones is 1. The molecule has 24 heavy (non-hydrogen) atoms. The summed E-state index contributed by atoms with van der Waals surface area (Å²) in [4.78, 5) is 38.0. The Bertz CT molecular complexity index is 393. The molecule has 0 aliphatic rings. The molecule has 0 radical (unpaired) electrons. The molecule has 0 saturated heterocycles. The quantitative estimate of drug-likeness (QED) is 0.304. The van der Waals surface area contributed by atoms with Gasteiger partial charge in [-0.15, -0.1) is 0 Å². The Balaban J connectivity index is 5.63. The molecule has 2 atom stereocenters. The molecule has 0 aliphatic carbocycles. The van der Waals surface area contributed by atoms with Gasteiger partial charge in [-0.1, -0.05) is 52.4 Å². The van der Waals surface area contributed by atoms with Crippen LogP contribution in [-0.4, -0.2) is 31.9 Å². The average molecular weight is 342 g/mol. The van der Waals surface area contributed by atoms with E-state index in [1.54, 1.807) is 13.8 Å². The summed E-state index contributed by atoms with van der Waals surface area (Å²) in [6, 6.07) is 0. The van der Waals surface area contributed by atoms with Gasteiger partial charge in [0.25, 0.3) is 0 Å². The SMILES string of the molecule is CCCCCC(C)(C(=O)OC)C(=O)C(C)(CCCCC)C(=O)OC. The molecule has 0 aromatic rings. The second-order valence-corrected chi connectivity index (χ2v) is 6.89. The van der Waals surface area contributed by atoms with Gasteiger partial charge in [0.05, 0.1) is 14.2 Å². The molecule has 5 heteroatoms. The van der Waals surface area contributed by atoms with Crippen molar-refractivity contribution in [1.82, 2.24) is 0 Å². The number of ether oxygens (including phenoxy) is 2.